The Balaban J connectivity index is 1.88. The Morgan fingerprint density at radius 2 is 1.84 bits per heavy atom. The molecule has 0 saturated heterocycles. The van der Waals surface area contributed by atoms with Gasteiger partial charge in [0.15, 0.2) is 0 Å². The van der Waals surface area contributed by atoms with E-state index in [1.807, 2.05) is 0 Å². The topological polar surface area (TPSA) is 28.2 Å². The van der Waals surface area contributed by atoms with E-state index in [9.17, 15) is 0 Å². The minimum absolute atomic E-state index is 0.752. The van der Waals surface area contributed by atoms with Crippen LogP contribution in [0.25, 0.3) is 0 Å². The van der Waals surface area contributed by atoms with Crippen LogP contribution in [0, 0.1) is 0 Å². The smallest absolute Gasteiger partial charge is 0.0547 e. The van der Waals surface area contributed by atoms with Gasteiger partial charge in [0, 0.05) is 19.1 Å². The van der Waals surface area contributed by atoms with Gasteiger partial charge in [0.1, 0.15) is 0 Å². The third-order valence-corrected chi connectivity index (χ3v) is 3.48. The number of hydrogen-bond acceptors (Lipinski definition) is 3. The van der Waals surface area contributed by atoms with Crippen molar-refractivity contribution >= 4 is 0 Å². The molecule has 0 radical (unpaired) electrons. The molecule has 3 heteroatoms. The molecule has 1 aromatic rings. The second-order valence-corrected chi connectivity index (χ2v) is 5.55. The van der Waals surface area contributed by atoms with Gasteiger partial charge in [-0.05, 0) is 50.9 Å². The summed E-state index contributed by atoms with van der Waals surface area (Å²) in [7, 11) is 0. The summed E-state index contributed by atoms with van der Waals surface area (Å²) in [4.78, 5) is 7.27. The van der Waals surface area contributed by atoms with Crippen LogP contribution in [0.15, 0.2) is 18.2 Å². The third-order valence-electron chi connectivity index (χ3n) is 3.48. The maximum Gasteiger partial charge on any atom is 0.0547 e. The lowest BCUT2D eigenvalue weighted by atomic mass is 10.2. The molecule has 0 atom stereocenters. The van der Waals surface area contributed by atoms with Gasteiger partial charge in [-0.15, -0.1) is 0 Å². The molecule has 106 valence electrons. The van der Waals surface area contributed by atoms with Crippen LogP contribution in [0.4, 0.5) is 0 Å². The normalized spacial score (nSPS) is 15.1. The standard InChI is InChI=1S/C16H27N3/c1-3-10-19(11-4-2)13-16-7-5-6-15(18-16)12-17-14-8-9-14/h5-7,14,17H,3-4,8-13H2,1-2H3. The van der Waals surface area contributed by atoms with Gasteiger partial charge in [-0.2, -0.15) is 0 Å². The number of nitrogens with one attached hydrogen (secondary N) is 1. The fourth-order valence-electron chi connectivity index (χ4n) is 2.38. The molecule has 0 aromatic carbocycles. The number of pyridine rings is 1. The van der Waals surface area contributed by atoms with Gasteiger partial charge in [-0.3, -0.25) is 9.88 Å². The van der Waals surface area contributed by atoms with E-state index >= 15 is 0 Å². The first-order valence-electron chi connectivity index (χ1n) is 7.72. The van der Waals surface area contributed by atoms with Crippen LogP contribution in [0.2, 0.25) is 0 Å². The van der Waals surface area contributed by atoms with Gasteiger partial charge in [-0.1, -0.05) is 19.9 Å². The van der Waals surface area contributed by atoms with Crippen LogP contribution in [-0.2, 0) is 13.1 Å². The molecule has 0 spiro atoms. The van der Waals surface area contributed by atoms with Crippen LogP contribution in [0.5, 0.6) is 0 Å². The monoisotopic (exact) mass is 261 g/mol. The molecule has 1 aliphatic rings. The van der Waals surface area contributed by atoms with E-state index < -0.39 is 0 Å². The molecule has 0 aliphatic heterocycles. The predicted molar refractivity (Wildman–Crippen MR) is 80.0 cm³/mol. The van der Waals surface area contributed by atoms with Crippen molar-refractivity contribution in [3.05, 3.63) is 29.6 Å². The lowest BCUT2D eigenvalue weighted by Gasteiger charge is -2.20. The van der Waals surface area contributed by atoms with Crippen LogP contribution in [0.3, 0.4) is 0 Å². The molecule has 1 N–H and O–H groups in total. The second kappa shape index (κ2) is 7.61. The molecule has 1 heterocycles. The van der Waals surface area contributed by atoms with Crippen molar-refractivity contribution in [1.29, 1.82) is 0 Å². The SMILES string of the molecule is CCCN(CCC)Cc1cccc(CNC2CC2)n1. The van der Waals surface area contributed by atoms with E-state index in [1.54, 1.807) is 0 Å². The molecule has 2 rings (SSSR count). The van der Waals surface area contributed by atoms with Gasteiger partial charge >= 0.3 is 0 Å². The Labute approximate surface area is 117 Å². The first kappa shape index (κ1) is 14.5. The fourth-order valence-corrected chi connectivity index (χ4v) is 2.38. The summed E-state index contributed by atoms with van der Waals surface area (Å²) in [6.07, 6.45) is 5.09. The van der Waals surface area contributed by atoms with Crippen molar-refractivity contribution < 1.29 is 0 Å². The van der Waals surface area contributed by atoms with E-state index in [0.29, 0.717) is 0 Å². The van der Waals surface area contributed by atoms with Crippen LogP contribution in [0.1, 0.15) is 50.9 Å². The molecule has 1 aromatic heterocycles. The van der Waals surface area contributed by atoms with E-state index in [1.165, 1.54) is 50.2 Å². The summed E-state index contributed by atoms with van der Waals surface area (Å²) in [6, 6.07) is 7.17. The van der Waals surface area contributed by atoms with E-state index in [0.717, 1.165) is 19.1 Å². The zero-order chi connectivity index (χ0) is 13.5. The molecule has 1 fully saturated rings. The Morgan fingerprint density at radius 1 is 1.16 bits per heavy atom. The van der Waals surface area contributed by atoms with Crippen LogP contribution < -0.4 is 5.32 Å². The number of rotatable bonds is 9. The summed E-state index contributed by atoms with van der Waals surface area (Å²) >= 11 is 0. The summed E-state index contributed by atoms with van der Waals surface area (Å²) in [6.45, 7) is 8.72. The van der Waals surface area contributed by atoms with Crippen molar-refractivity contribution in [2.75, 3.05) is 13.1 Å². The zero-order valence-electron chi connectivity index (χ0n) is 12.4. The summed E-state index contributed by atoms with van der Waals surface area (Å²) in [5.74, 6) is 0. The fraction of sp³-hybridized carbons (Fsp3) is 0.688. The summed E-state index contributed by atoms with van der Waals surface area (Å²) in [5, 5.41) is 3.53. The average molecular weight is 261 g/mol. The Hall–Kier alpha value is -0.930. The van der Waals surface area contributed by atoms with Crippen molar-refractivity contribution in [2.24, 2.45) is 0 Å². The third kappa shape index (κ3) is 5.29. The lowest BCUT2D eigenvalue weighted by Crippen LogP contribution is -2.25. The van der Waals surface area contributed by atoms with Crippen molar-refractivity contribution in [2.45, 2.75) is 58.7 Å². The minimum atomic E-state index is 0.752. The Kier molecular flexibility index (Phi) is 5.80. The Morgan fingerprint density at radius 3 is 2.47 bits per heavy atom. The predicted octanol–water partition coefficient (Wildman–Crippen LogP) is 2.96. The maximum atomic E-state index is 4.77. The van der Waals surface area contributed by atoms with Gasteiger partial charge in [0.25, 0.3) is 0 Å². The molecule has 19 heavy (non-hydrogen) atoms. The van der Waals surface area contributed by atoms with E-state index in [-0.39, 0.29) is 0 Å². The molecule has 3 nitrogen and oxygen atoms in total. The van der Waals surface area contributed by atoms with Crippen molar-refractivity contribution in [1.82, 2.24) is 15.2 Å². The highest BCUT2D eigenvalue weighted by Crippen LogP contribution is 2.19. The summed E-state index contributed by atoms with van der Waals surface area (Å²) < 4.78 is 0. The average Bonchev–Trinajstić information content (AvgIpc) is 3.21. The molecule has 1 aliphatic carbocycles. The van der Waals surface area contributed by atoms with Gasteiger partial charge in [0.05, 0.1) is 11.4 Å². The highest BCUT2D eigenvalue weighted by molar-refractivity contribution is 5.11. The highest BCUT2D eigenvalue weighted by Gasteiger charge is 2.20. The number of hydrogen-bond donors (Lipinski definition) is 1. The lowest BCUT2D eigenvalue weighted by molar-refractivity contribution is 0.263. The van der Waals surface area contributed by atoms with Crippen molar-refractivity contribution in [3.8, 4) is 0 Å². The molecule has 0 amide bonds. The van der Waals surface area contributed by atoms with E-state index in [4.69, 9.17) is 4.98 Å². The summed E-state index contributed by atoms with van der Waals surface area (Å²) in [5.41, 5.74) is 2.38. The Bertz CT molecular complexity index is 368. The van der Waals surface area contributed by atoms with Gasteiger partial charge in [-0.25, -0.2) is 0 Å². The van der Waals surface area contributed by atoms with Crippen LogP contribution >= 0.6 is 0 Å². The van der Waals surface area contributed by atoms with Crippen molar-refractivity contribution in [3.63, 3.8) is 0 Å². The number of nitrogens with zero attached hydrogens (tertiary/aromatic N) is 2. The highest BCUT2D eigenvalue weighted by atomic mass is 15.1. The maximum absolute atomic E-state index is 4.77. The van der Waals surface area contributed by atoms with Crippen LogP contribution in [-0.4, -0.2) is 29.0 Å². The second-order valence-electron chi connectivity index (χ2n) is 5.55. The zero-order valence-corrected chi connectivity index (χ0v) is 12.4. The molecule has 1 saturated carbocycles. The number of aromatic nitrogens is 1. The van der Waals surface area contributed by atoms with E-state index in [2.05, 4.69) is 42.3 Å². The molecule has 0 unspecified atom stereocenters. The molecule has 0 bridgehead atoms. The quantitative estimate of drug-likeness (QED) is 0.741. The molecular weight excluding hydrogens is 234 g/mol. The van der Waals surface area contributed by atoms with Gasteiger partial charge < -0.3 is 5.32 Å². The first-order chi connectivity index (χ1) is 9.31. The first-order valence-corrected chi connectivity index (χ1v) is 7.72. The largest absolute Gasteiger partial charge is 0.308 e. The molecular formula is C16H27N3. The van der Waals surface area contributed by atoms with Gasteiger partial charge in [0.2, 0.25) is 0 Å². The minimum Gasteiger partial charge on any atom is -0.308 e.